The van der Waals surface area contributed by atoms with E-state index in [1.807, 2.05) is 6.92 Å². The van der Waals surface area contributed by atoms with Crippen LogP contribution in [0.1, 0.15) is 6.92 Å². The topological polar surface area (TPSA) is 61.9 Å². The lowest BCUT2D eigenvalue weighted by molar-refractivity contribution is 0.0695. The van der Waals surface area contributed by atoms with E-state index in [9.17, 15) is 8.42 Å². The van der Waals surface area contributed by atoms with Gasteiger partial charge in [-0.3, -0.25) is 0 Å². The molecule has 17 heavy (non-hydrogen) atoms. The predicted octanol–water partition coefficient (Wildman–Crippen LogP) is -0.721. The summed E-state index contributed by atoms with van der Waals surface area (Å²) >= 11 is 0. The molecule has 2 saturated heterocycles. The SMILES string of the molecule is C[C@H]1CN(S(=O)(=O)N2CCOCC2)CCN1.Cl. The molecule has 1 N–H and O–H groups in total. The lowest BCUT2D eigenvalue weighted by atomic mass is 10.3. The molecular formula is C9H20ClN3O3S. The Morgan fingerprint density at radius 3 is 2.41 bits per heavy atom. The molecule has 2 fully saturated rings. The summed E-state index contributed by atoms with van der Waals surface area (Å²) in [6.45, 7) is 5.79. The van der Waals surface area contributed by atoms with Gasteiger partial charge in [-0.2, -0.15) is 17.0 Å². The van der Waals surface area contributed by atoms with E-state index in [2.05, 4.69) is 5.32 Å². The average molecular weight is 286 g/mol. The molecule has 0 saturated carbocycles. The van der Waals surface area contributed by atoms with Crippen LogP contribution in [0.15, 0.2) is 0 Å². The normalized spacial score (nSPS) is 28.6. The van der Waals surface area contributed by atoms with Crippen LogP contribution < -0.4 is 5.32 Å². The minimum Gasteiger partial charge on any atom is -0.379 e. The van der Waals surface area contributed by atoms with E-state index in [0.717, 1.165) is 6.54 Å². The third-order valence-electron chi connectivity index (χ3n) is 2.95. The van der Waals surface area contributed by atoms with Crippen LogP contribution >= 0.6 is 12.4 Å². The molecule has 8 heteroatoms. The zero-order chi connectivity index (χ0) is 11.6. The lowest BCUT2D eigenvalue weighted by Gasteiger charge is -2.36. The van der Waals surface area contributed by atoms with E-state index in [0.29, 0.717) is 39.4 Å². The maximum absolute atomic E-state index is 12.3. The van der Waals surface area contributed by atoms with Gasteiger partial charge in [-0.1, -0.05) is 0 Å². The number of rotatable bonds is 2. The summed E-state index contributed by atoms with van der Waals surface area (Å²) in [6.07, 6.45) is 0. The summed E-state index contributed by atoms with van der Waals surface area (Å²) in [4.78, 5) is 0. The highest BCUT2D eigenvalue weighted by atomic mass is 35.5. The van der Waals surface area contributed by atoms with Crippen molar-refractivity contribution >= 4 is 22.6 Å². The largest absolute Gasteiger partial charge is 0.379 e. The zero-order valence-electron chi connectivity index (χ0n) is 9.96. The molecule has 2 aliphatic rings. The van der Waals surface area contributed by atoms with E-state index in [-0.39, 0.29) is 18.4 Å². The lowest BCUT2D eigenvalue weighted by Crippen LogP contribution is -2.56. The molecule has 2 heterocycles. The number of halogens is 1. The Morgan fingerprint density at radius 1 is 1.18 bits per heavy atom. The summed E-state index contributed by atoms with van der Waals surface area (Å²) in [5, 5.41) is 3.24. The second-order valence-corrected chi connectivity index (χ2v) is 6.16. The van der Waals surface area contributed by atoms with Crippen molar-refractivity contribution in [2.75, 3.05) is 45.9 Å². The van der Waals surface area contributed by atoms with E-state index < -0.39 is 10.2 Å². The summed E-state index contributed by atoms with van der Waals surface area (Å²) in [6, 6.07) is 0.226. The summed E-state index contributed by atoms with van der Waals surface area (Å²) in [7, 11) is -3.27. The van der Waals surface area contributed by atoms with Gasteiger partial charge in [0, 0.05) is 38.8 Å². The molecule has 0 aliphatic carbocycles. The number of nitrogens with one attached hydrogen (secondary N) is 1. The molecule has 1 atom stereocenters. The highest BCUT2D eigenvalue weighted by Crippen LogP contribution is 2.13. The van der Waals surface area contributed by atoms with Crippen molar-refractivity contribution in [3.63, 3.8) is 0 Å². The zero-order valence-corrected chi connectivity index (χ0v) is 11.6. The first-order valence-electron chi connectivity index (χ1n) is 5.67. The predicted molar refractivity (Wildman–Crippen MR) is 67.6 cm³/mol. The van der Waals surface area contributed by atoms with Crippen molar-refractivity contribution in [3.05, 3.63) is 0 Å². The highest BCUT2D eigenvalue weighted by Gasteiger charge is 2.33. The molecule has 0 amide bonds. The van der Waals surface area contributed by atoms with Gasteiger partial charge in [0.15, 0.2) is 0 Å². The van der Waals surface area contributed by atoms with Crippen LogP contribution in [0.4, 0.5) is 0 Å². The van der Waals surface area contributed by atoms with Gasteiger partial charge >= 0.3 is 0 Å². The van der Waals surface area contributed by atoms with Crippen LogP contribution in [0.2, 0.25) is 0 Å². The molecule has 0 radical (unpaired) electrons. The van der Waals surface area contributed by atoms with Gasteiger partial charge in [0.1, 0.15) is 0 Å². The Hall–Kier alpha value is 0.0800. The number of ether oxygens (including phenoxy) is 1. The summed E-state index contributed by atoms with van der Waals surface area (Å²) in [5.74, 6) is 0. The molecule has 0 unspecified atom stereocenters. The third kappa shape index (κ3) is 3.52. The van der Waals surface area contributed by atoms with E-state index in [1.165, 1.54) is 4.31 Å². The van der Waals surface area contributed by atoms with Gasteiger partial charge in [-0.15, -0.1) is 12.4 Å². The molecule has 0 aromatic rings. The van der Waals surface area contributed by atoms with Crippen molar-refractivity contribution < 1.29 is 13.2 Å². The van der Waals surface area contributed by atoms with Crippen molar-refractivity contribution in [3.8, 4) is 0 Å². The minimum absolute atomic E-state index is 0. The van der Waals surface area contributed by atoms with Gasteiger partial charge in [0.2, 0.25) is 0 Å². The molecule has 0 aromatic heterocycles. The second kappa shape index (κ2) is 6.31. The van der Waals surface area contributed by atoms with E-state index in [4.69, 9.17) is 4.74 Å². The first-order valence-corrected chi connectivity index (χ1v) is 7.07. The van der Waals surface area contributed by atoms with Crippen LogP contribution in [0, 0.1) is 0 Å². The number of hydrogen-bond donors (Lipinski definition) is 1. The number of hydrogen-bond acceptors (Lipinski definition) is 4. The van der Waals surface area contributed by atoms with Crippen LogP contribution in [-0.4, -0.2) is 69.0 Å². The van der Waals surface area contributed by atoms with Crippen molar-refractivity contribution in [2.45, 2.75) is 13.0 Å². The van der Waals surface area contributed by atoms with Crippen LogP contribution in [-0.2, 0) is 14.9 Å². The molecular weight excluding hydrogens is 266 g/mol. The molecule has 0 aromatic carbocycles. The minimum atomic E-state index is -3.27. The Kier molecular flexibility index (Phi) is 5.62. The summed E-state index contributed by atoms with van der Waals surface area (Å²) < 4.78 is 32.8. The molecule has 2 aliphatic heterocycles. The molecule has 0 spiro atoms. The smallest absolute Gasteiger partial charge is 0.282 e. The van der Waals surface area contributed by atoms with Crippen LogP contribution in [0.3, 0.4) is 0 Å². The van der Waals surface area contributed by atoms with Gasteiger partial charge in [0.25, 0.3) is 10.2 Å². The fourth-order valence-corrected chi connectivity index (χ4v) is 3.72. The first kappa shape index (κ1) is 15.1. The van der Waals surface area contributed by atoms with Gasteiger partial charge in [-0.25, -0.2) is 0 Å². The van der Waals surface area contributed by atoms with Gasteiger partial charge in [-0.05, 0) is 6.92 Å². The number of nitrogens with zero attached hydrogens (tertiary/aromatic N) is 2. The molecule has 0 bridgehead atoms. The standard InChI is InChI=1S/C9H19N3O3S.ClH/c1-9-8-12(3-2-10-9)16(13,14)11-4-6-15-7-5-11;/h9-10H,2-8H2,1H3;1H/t9-;/m0./s1. The molecule has 102 valence electrons. The number of piperazine rings is 1. The second-order valence-electron chi connectivity index (χ2n) is 4.23. The Labute approximate surface area is 109 Å². The van der Waals surface area contributed by atoms with Crippen molar-refractivity contribution in [1.29, 1.82) is 0 Å². The average Bonchev–Trinajstić information content (AvgIpc) is 2.30. The van der Waals surface area contributed by atoms with E-state index >= 15 is 0 Å². The van der Waals surface area contributed by atoms with Crippen molar-refractivity contribution in [1.82, 2.24) is 13.9 Å². The Bertz CT molecular complexity index is 332. The number of morpholine rings is 1. The van der Waals surface area contributed by atoms with Gasteiger partial charge in [0.05, 0.1) is 13.2 Å². The fraction of sp³-hybridized carbons (Fsp3) is 1.00. The molecule has 6 nitrogen and oxygen atoms in total. The van der Waals surface area contributed by atoms with Gasteiger partial charge < -0.3 is 10.1 Å². The van der Waals surface area contributed by atoms with Crippen LogP contribution in [0.5, 0.6) is 0 Å². The maximum Gasteiger partial charge on any atom is 0.282 e. The third-order valence-corrected chi connectivity index (χ3v) is 4.96. The van der Waals surface area contributed by atoms with E-state index in [1.54, 1.807) is 4.31 Å². The fourth-order valence-electron chi connectivity index (χ4n) is 2.05. The Balaban J connectivity index is 0.00000144. The summed E-state index contributed by atoms with van der Waals surface area (Å²) in [5.41, 5.74) is 0. The first-order chi connectivity index (χ1) is 7.60. The monoisotopic (exact) mass is 285 g/mol. The maximum atomic E-state index is 12.3. The van der Waals surface area contributed by atoms with Crippen LogP contribution in [0.25, 0.3) is 0 Å². The van der Waals surface area contributed by atoms with Crippen molar-refractivity contribution in [2.24, 2.45) is 0 Å². The molecule has 2 rings (SSSR count). The quantitative estimate of drug-likeness (QED) is 0.727. The Morgan fingerprint density at radius 2 is 1.82 bits per heavy atom. The highest BCUT2D eigenvalue weighted by molar-refractivity contribution is 7.86.